The Bertz CT molecular complexity index is 668. The Morgan fingerprint density at radius 2 is 1.92 bits per heavy atom. The van der Waals surface area contributed by atoms with Gasteiger partial charge in [0, 0.05) is 13.3 Å². The van der Waals surface area contributed by atoms with E-state index in [1.165, 1.54) is 6.42 Å². The molecule has 2 amide bonds. The van der Waals surface area contributed by atoms with E-state index in [1.54, 1.807) is 6.92 Å². The molecule has 1 unspecified atom stereocenters. The molecule has 2 N–H and O–H groups in total. The van der Waals surface area contributed by atoms with Crippen LogP contribution in [0.1, 0.15) is 50.1 Å². The average Bonchev–Trinajstić information content (AvgIpc) is 3.21. The van der Waals surface area contributed by atoms with Gasteiger partial charge in [-0.3, -0.25) is 20.0 Å². The quantitative estimate of drug-likeness (QED) is 0.846. The lowest BCUT2D eigenvalue weighted by molar-refractivity contribution is -0.118. The maximum Gasteiger partial charge on any atom is 0.286 e. The molecular formula is C15H24N6O3S. The highest BCUT2D eigenvalue weighted by Crippen LogP contribution is 2.16. The lowest BCUT2D eigenvalue weighted by atomic mass is 10.2. The first-order valence-electron chi connectivity index (χ1n) is 7.97. The second kappa shape index (κ2) is 10.6. The van der Waals surface area contributed by atoms with Crippen molar-refractivity contribution in [1.29, 1.82) is 0 Å². The standard InChI is InChI=1S/C7H12N2O.C4H7N3.C4H5NO2S/c1-3-4-5-7-9-8-6(2)10-7;1-3-5-4(2)7-6-3;1-2-3(6)5-4(7)8-2/h3-5H2,1-2H3;1-2H3,(H,5,6,7);2H,1H3,(H,5,6,7). The monoisotopic (exact) mass is 368 g/mol. The minimum absolute atomic E-state index is 0.181. The number of amides is 2. The zero-order valence-electron chi connectivity index (χ0n) is 15.1. The van der Waals surface area contributed by atoms with Crippen molar-refractivity contribution in [2.45, 2.75) is 59.1 Å². The Morgan fingerprint density at radius 1 is 1.20 bits per heavy atom. The number of hydrogen-bond donors (Lipinski definition) is 2. The fourth-order valence-corrected chi connectivity index (χ4v) is 2.31. The van der Waals surface area contributed by atoms with Crippen LogP contribution in [0.5, 0.6) is 0 Å². The van der Waals surface area contributed by atoms with Crippen LogP contribution < -0.4 is 5.32 Å². The predicted molar refractivity (Wildman–Crippen MR) is 94.1 cm³/mol. The molecule has 3 heterocycles. The zero-order chi connectivity index (χ0) is 18.8. The molecule has 1 atom stereocenters. The van der Waals surface area contributed by atoms with Gasteiger partial charge in [-0.15, -0.1) is 10.2 Å². The first-order chi connectivity index (χ1) is 11.8. The minimum atomic E-state index is -0.234. The summed E-state index contributed by atoms with van der Waals surface area (Å²) >= 11 is 1.03. The van der Waals surface area contributed by atoms with Crippen LogP contribution in [0.2, 0.25) is 0 Å². The van der Waals surface area contributed by atoms with Crippen molar-refractivity contribution in [1.82, 2.24) is 30.7 Å². The summed E-state index contributed by atoms with van der Waals surface area (Å²) in [4.78, 5) is 24.7. The number of hydrogen-bond acceptors (Lipinski definition) is 8. The van der Waals surface area contributed by atoms with Gasteiger partial charge in [0.1, 0.15) is 11.6 Å². The van der Waals surface area contributed by atoms with E-state index in [0.717, 1.165) is 42.1 Å². The SMILES string of the molecule is CC1SC(=O)NC1=O.CCCCc1nnc(C)o1.Cc1n[nH]c(C)n1. The van der Waals surface area contributed by atoms with Crippen LogP contribution in [0, 0.1) is 20.8 Å². The summed E-state index contributed by atoms with van der Waals surface area (Å²) in [6, 6.07) is 0. The molecule has 10 heteroatoms. The number of carbonyl (C=O) groups is 2. The molecule has 0 radical (unpaired) electrons. The first-order valence-corrected chi connectivity index (χ1v) is 8.85. The van der Waals surface area contributed by atoms with E-state index in [4.69, 9.17) is 4.42 Å². The molecule has 0 bridgehead atoms. The molecule has 0 aromatic carbocycles. The van der Waals surface area contributed by atoms with Gasteiger partial charge in [-0.1, -0.05) is 25.1 Å². The third-order valence-corrected chi connectivity index (χ3v) is 3.78. The number of H-pyrrole nitrogens is 1. The fourth-order valence-electron chi connectivity index (χ4n) is 1.67. The number of aryl methyl sites for hydroxylation is 4. The summed E-state index contributed by atoms with van der Waals surface area (Å²) in [6.07, 6.45) is 3.21. The van der Waals surface area contributed by atoms with Crippen LogP contribution in [0.25, 0.3) is 0 Å². The molecule has 2 aromatic heterocycles. The Kier molecular flexibility index (Phi) is 8.82. The normalized spacial score (nSPS) is 15.8. The summed E-state index contributed by atoms with van der Waals surface area (Å²) < 4.78 is 5.16. The maximum atomic E-state index is 10.4. The number of unbranched alkanes of at least 4 members (excludes halogenated alkanes) is 1. The van der Waals surface area contributed by atoms with Gasteiger partial charge in [0.05, 0.1) is 5.25 Å². The van der Waals surface area contributed by atoms with E-state index >= 15 is 0 Å². The lowest BCUT2D eigenvalue weighted by Crippen LogP contribution is -2.22. The van der Waals surface area contributed by atoms with Crippen LogP contribution in [0.3, 0.4) is 0 Å². The first kappa shape index (κ1) is 20.8. The van der Waals surface area contributed by atoms with Crippen molar-refractivity contribution in [2.24, 2.45) is 0 Å². The van der Waals surface area contributed by atoms with Crippen molar-refractivity contribution in [2.75, 3.05) is 0 Å². The molecule has 25 heavy (non-hydrogen) atoms. The molecule has 1 aliphatic rings. The van der Waals surface area contributed by atoms with Gasteiger partial charge < -0.3 is 4.42 Å². The molecule has 1 saturated heterocycles. The number of aromatic amines is 1. The molecule has 0 saturated carbocycles. The highest BCUT2D eigenvalue weighted by molar-refractivity contribution is 8.15. The van der Waals surface area contributed by atoms with E-state index in [2.05, 4.69) is 37.6 Å². The Hall–Kier alpha value is -2.23. The summed E-state index contributed by atoms with van der Waals surface area (Å²) in [7, 11) is 0. The van der Waals surface area contributed by atoms with Gasteiger partial charge >= 0.3 is 0 Å². The fraction of sp³-hybridized carbons (Fsp3) is 0.600. The van der Waals surface area contributed by atoms with Crippen LogP contribution in [0.4, 0.5) is 4.79 Å². The molecule has 1 aliphatic heterocycles. The third kappa shape index (κ3) is 8.43. The number of carbonyl (C=O) groups excluding carboxylic acids is 2. The zero-order valence-corrected chi connectivity index (χ0v) is 15.9. The Labute approximate surface area is 150 Å². The Morgan fingerprint density at radius 3 is 2.20 bits per heavy atom. The number of aromatic nitrogens is 5. The van der Waals surface area contributed by atoms with Gasteiger partial charge in [-0.2, -0.15) is 5.10 Å². The molecule has 9 nitrogen and oxygen atoms in total. The topological polar surface area (TPSA) is 127 Å². The van der Waals surface area contributed by atoms with Crippen LogP contribution >= 0.6 is 11.8 Å². The van der Waals surface area contributed by atoms with E-state index in [0.29, 0.717) is 5.89 Å². The van der Waals surface area contributed by atoms with E-state index in [9.17, 15) is 9.59 Å². The highest BCUT2D eigenvalue weighted by Gasteiger charge is 2.26. The van der Waals surface area contributed by atoms with Gasteiger partial charge in [0.25, 0.3) is 5.24 Å². The van der Waals surface area contributed by atoms with Crippen molar-refractivity contribution < 1.29 is 14.0 Å². The van der Waals surface area contributed by atoms with Gasteiger partial charge in [0.15, 0.2) is 0 Å². The number of nitrogens with zero attached hydrogens (tertiary/aromatic N) is 4. The summed E-state index contributed by atoms with van der Waals surface area (Å²) in [5.74, 6) is 2.92. The van der Waals surface area contributed by atoms with Crippen LogP contribution in [-0.2, 0) is 11.2 Å². The van der Waals surface area contributed by atoms with E-state index in [-0.39, 0.29) is 16.4 Å². The van der Waals surface area contributed by atoms with Crippen molar-refractivity contribution in [3.05, 3.63) is 23.4 Å². The van der Waals surface area contributed by atoms with Gasteiger partial charge in [0.2, 0.25) is 17.7 Å². The van der Waals surface area contributed by atoms with Crippen molar-refractivity contribution in [3.8, 4) is 0 Å². The molecule has 2 aromatic rings. The maximum absolute atomic E-state index is 10.4. The second-order valence-corrected chi connectivity index (χ2v) is 6.64. The van der Waals surface area contributed by atoms with Crippen molar-refractivity contribution in [3.63, 3.8) is 0 Å². The summed E-state index contributed by atoms with van der Waals surface area (Å²) in [5, 5.41) is 15.8. The smallest absolute Gasteiger partial charge is 0.286 e. The second-order valence-electron chi connectivity index (χ2n) is 5.32. The molecule has 0 spiro atoms. The molecule has 3 rings (SSSR count). The lowest BCUT2D eigenvalue weighted by Gasteiger charge is -1.88. The number of thioether (sulfide) groups is 1. The molecular weight excluding hydrogens is 344 g/mol. The van der Waals surface area contributed by atoms with Crippen LogP contribution in [-0.4, -0.2) is 41.8 Å². The number of rotatable bonds is 3. The third-order valence-electron chi connectivity index (χ3n) is 2.90. The average molecular weight is 368 g/mol. The summed E-state index contributed by atoms with van der Waals surface area (Å²) in [6.45, 7) is 9.38. The number of nitrogens with one attached hydrogen (secondary N) is 2. The molecule has 1 fully saturated rings. The molecule has 138 valence electrons. The summed E-state index contributed by atoms with van der Waals surface area (Å²) in [5.41, 5.74) is 0. The van der Waals surface area contributed by atoms with E-state index < -0.39 is 0 Å². The predicted octanol–water partition coefficient (Wildman–Crippen LogP) is 2.50. The highest BCUT2D eigenvalue weighted by atomic mass is 32.2. The Balaban J connectivity index is 0.000000191. The minimum Gasteiger partial charge on any atom is -0.426 e. The largest absolute Gasteiger partial charge is 0.426 e. The van der Waals surface area contributed by atoms with E-state index in [1.807, 2.05) is 20.8 Å². The molecule has 0 aliphatic carbocycles. The number of imide groups is 1. The van der Waals surface area contributed by atoms with Crippen LogP contribution in [0.15, 0.2) is 4.42 Å². The van der Waals surface area contributed by atoms with Gasteiger partial charge in [-0.25, -0.2) is 4.98 Å². The van der Waals surface area contributed by atoms with Gasteiger partial charge in [-0.05, 0) is 27.2 Å². The van der Waals surface area contributed by atoms with Crippen molar-refractivity contribution >= 4 is 22.9 Å².